The summed E-state index contributed by atoms with van der Waals surface area (Å²) in [4.78, 5) is 6.25. The Bertz CT molecular complexity index is 587. The average molecular weight is 292 g/mol. The maximum Gasteiger partial charge on any atom is 0.239 e. The van der Waals surface area contributed by atoms with Crippen molar-refractivity contribution in [2.24, 2.45) is 0 Å². The number of hydrogen-bond donors (Lipinski definition) is 1. The summed E-state index contributed by atoms with van der Waals surface area (Å²) in [7, 11) is 5.59. The highest BCUT2D eigenvalue weighted by Gasteiger charge is 2.11. The minimum Gasteiger partial charge on any atom is -0.479 e. The number of hydrogen-bond acceptors (Lipinski definition) is 4. The van der Waals surface area contributed by atoms with Crippen LogP contribution in [0.3, 0.4) is 0 Å². The molecule has 106 valence electrons. The largest absolute Gasteiger partial charge is 0.479 e. The molecule has 0 spiro atoms. The highest BCUT2D eigenvalue weighted by Crippen LogP contribution is 2.32. The first-order valence-corrected chi connectivity index (χ1v) is 6.68. The average Bonchev–Trinajstić information content (AvgIpc) is 2.44. The van der Waals surface area contributed by atoms with Crippen molar-refractivity contribution >= 4 is 23.0 Å². The number of halogens is 1. The Morgan fingerprint density at radius 2 is 2.10 bits per heavy atom. The first-order valence-electron chi connectivity index (χ1n) is 6.30. The van der Waals surface area contributed by atoms with Crippen LogP contribution in [0.25, 0.3) is 0 Å². The molecule has 1 aromatic carbocycles. The molecule has 4 nitrogen and oxygen atoms in total. The molecule has 0 aliphatic rings. The lowest BCUT2D eigenvalue weighted by atomic mass is 10.2. The molecule has 2 aromatic rings. The van der Waals surface area contributed by atoms with Crippen molar-refractivity contribution in [3.63, 3.8) is 0 Å². The summed E-state index contributed by atoms with van der Waals surface area (Å²) in [6, 6.07) is 9.71. The Morgan fingerprint density at radius 1 is 1.30 bits per heavy atom. The molecule has 0 amide bonds. The van der Waals surface area contributed by atoms with Gasteiger partial charge in [0, 0.05) is 31.9 Å². The molecule has 20 heavy (non-hydrogen) atoms. The maximum atomic E-state index is 5.99. The van der Waals surface area contributed by atoms with E-state index in [0.717, 1.165) is 22.0 Å². The van der Waals surface area contributed by atoms with Crippen molar-refractivity contribution in [3.05, 3.63) is 47.1 Å². The molecule has 0 saturated carbocycles. The van der Waals surface area contributed by atoms with Crippen LogP contribution in [-0.2, 0) is 6.54 Å². The van der Waals surface area contributed by atoms with E-state index in [9.17, 15) is 0 Å². The van der Waals surface area contributed by atoms with E-state index in [1.165, 1.54) is 0 Å². The molecule has 0 aliphatic carbocycles. The molecule has 1 aromatic heterocycles. The topological polar surface area (TPSA) is 37.4 Å². The van der Waals surface area contributed by atoms with Gasteiger partial charge in [0.1, 0.15) is 5.69 Å². The summed E-state index contributed by atoms with van der Waals surface area (Å²) in [5.74, 6) is 0.582. The van der Waals surface area contributed by atoms with E-state index < -0.39 is 0 Å². The van der Waals surface area contributed by atoms with Gasteiger partial charge in [-0.3, -0.25) is 0 Å². The van der Waals surface area contributed by atoms with Crippen LogP contribution in [0.4, 0.5) is 11.4 Å². The van der Waals surface area contributed by atoms with Gasteiger partial charge in [0.15, 0.2) is 0 Å². The molecule has 5 heteroatoms. The predicted octanol–water partition coefficient (Wildman–Crippen LogP) is 3.42. The Labute approximate surface area is 124 Å². The number of methoxy groups -OCH3 is 1. The molecule has 0 aliphatic heterocycles. The van der Waals surface area contributed by atoms with Crippen LogP contribution in [0.5, 0.6) is 5.88 Å². The van der Waals surface area contributed by atoms with Gasteiger partial charge in [-0.05, 0) is 23.8 Å². The summed E-state index contributed by atoms with van der Waals surface area (Å²) in [6.45, 7) is 0.656. The number of anilines is 2. The van der Waals surface area contributed by atoms with Gasteiger partial charge in [-0.1, -0.05) is 23.7 Å². The van der Waals surface area contributed by atoms with E-state index in [1.807, 2.05) is 49.3 Å². The van der Waals surface area contributed by atoms with Crippen molar-refractivity contribution in [2.75, 3.05) is 31.4 Å². The fourth-order valence-electron chi connectivity index (χ4n) is 1.96. The highest BCUT2D eigenvalue weighted by atomic mass is 35.5. The van der Waals surface area contributed by atoms with Crippen molar-refractivity contribution < 1.29 is 4.74 Å². The zero-order valence-corrected chi connectivity index (χ0v) is 12.6. The fraction of sp³-hybridized carbons (Fsp3) is 0.267. The maximum absolute atomic E-state index is 5.99. The standard InChI is InChI=1S/C15H18ClN3O/c1-19(2)13-7-8-17-15(20-3)14(13)18-10-11-5-4-6-12(16)9-11/h4-9,18H,10H2,1-3H3. The van der Waals surface area contributed by atoms with Gasteiger partial charge in [-0.15, -0.1) is 0 Å². The van der Waals surface area contributed by atoms with Crippen molar-refractivity contribution in [3.8, 4) is 5.88 Å². The van der Waals surface area contributed by atoms with Gasteiger partial charge in [-0.2, -0.15) is 0 Å². The molecule has 0 fully saturated rings. The molecule has 0 saturated heterocycles. The summed E-state index contributed by atoms with van der Waals surface area (Å²) in [6.07, 6.45) is 1.73. The second kappa shape index (κ2) is 6.48. The number of benzene rings is 1. The lowest BCUT2D eigenvalue weighted by Crippen LogP contribution is -2.13. The predicted molar refractivity (Wildman–Crippen MR) is 83.9 cm³/mol. The second-order valence-electron chi connectivity index (χ2n) is 4.59. The monoisotopic (exact) mass is 291 g/mol. The van der Waals surface area contributed by atoms with Crippen LogP contribution < -0.4 is 15.0 Å². The van der Waals surface area contributed by atoms with Gasteiger partial charge in [0.2, 0.25) is 5.88 Å². The molecule has 0 bridgehead atoms. The van der Waals surface area contributed by atoms with E-state index in [0.29, 0.717) is 12.4 Å². The van der Waals surface area contributed by atoms with Crippen LogP contribution in [-0.4, -0.2) is 26.2 Å². The summed E-state index contributed by atoms with van der Waals surface area (Å²) >= 11 is 5.99. The number of pyridine rings is 1. The van der Waals surface area contributed by atoms with E-state index in [1.54, 1.807) is 13.3 Å². The number of ether oxygens (including phenoxy) is 1. The highest BCUT2D eigenvalue weighted by molar-refractivity contribution is 6.30. The lowest BCUT2D eigenvalue weighted by Gasteiger charge is -2.20. The molecule has 2 rings (SSSR count). The molecule has 0 atom stereocenters. The van der Waals surface area contributed by atoms with Gasteiger partial charge < -0.3 is 15.0 Å². The third kappa shape index (κ3) is 3.33. The second-order valence-corrected chi connectivity index (χ2v) is 5.03. The van der Waals surface area contributed by atoms with Crippen LogP contribution in [0.2, 0.25) is 5.02 Å². The van der Waals surface area contributed by atoms with Crippen LogP contribution in [0.1, 0.15) is 5.56 Å². The molecular formula is C15H18ClN3O. The van der Waals surface area contributed by atoms with Gasteiger partial charge in [0.25, 0.3) is 0 Å². The smallest absolute Gasteiger partial charge is 0.239 e. The minimum atomic E-state index is 0.582. The SMILES string of the molecule is COc1nccc(N(C)C)c1NCc1cccc(Cl)c1. The number of aromatic nitrogens is 1. The van der Waals surface area contributed by atoms with Crippen LogP contribution >= 0.6 is 11.6 Å². The first kappa shape index (κ1) is 14.5. The quantitative estimate of drug-likeness (QED) is 0.916. The van der Waals surface area contributed by atoms with Crippen LogP contribution in [0, 0.1) is 0 Å². The Hall–Kier alpha value is -1.94. The molecule has 0 unspecified atom stereocenters. The number of rotatable bonds is 5. The molecular weight excluding hydrogens is 274 g/mol. The Kier molecular flexibility index (Phi) is 4.69. The van der Waals surface area contributed by atoms with Crippen LogP contribution in [0.15, 0.2) is 36.5 Å². The number of nitrogens with zero attached hydrogens (tertiary/aromatic N) is 2. The Morgan fingerprint density at radius 3 is 2.75 bits per heavy atom. The van der Waals surface area contributed by atoms with Crippen molar-refractivity contribution in [1.82, 2.24) is 4.98 Å². The van der Waals surface area contributed by atoms with E-state index in [2.05, 4.69) is 10.3 Å². The zero-order valence-electron chi connectivity index (χ0n) is 11.9. The fourth-order valence-corrected chi connectivity index (χ4v) is 2.18. The van der Waals surface area contributed by atoms with Gasteiger partial charge in [-0.25, -0.2) is 4.98 Å². The van der Waals surface area contributed by atoms with E-state index in [-0.39, 0.29) is 0 Å². The molecule has 1 heterocycles. The van der Waals surface area contributed by atoms with Crippen molar-refractivity contribution in [2.45, 2.75) is 6.54 Å². The Balaban J connectivity index is 2.24. The zero-order chi connectivity index (χ0) is 14.5. The summed E-state index contributed by atoms with van der Waals surface area (Å²) < 4.78 is 5.32. The third-order valence-corrected chi connectivity index (χ3v) is 3.16. The van der Waals surface area contributed by atoms with E-state index in [4.69, 9.17) is 16.3 Å². The normalized spacial score (nSPS) is 10.2. The molecule has 0 radical (unpaired) electrons. The minimum absolute atomic E-state index is 0.582. The number of nitrogens with one attached hydrogen (secondary N) is 1. The lowest BCUT2D eigenvalue weighted by molar-refractivity contribution is 0.400. The summed E-state index contributed by atoms with van der Waals surface area (Å²) in [5.41, 5.74) is 3.01. The van der Waals surface area contributed by atoms with E-state index >= 15 is 0 Å². The third-order valence-electron chi connectivity index (χ3n) is 2.93. The first-order chi connectivity index (χ1) is 9.61. The van der Waals surface area contributed by atoms with Gasteiger partial charge in [0.05, 0.1) is 12.8 Å². The van der Waals surface area contributed by atoms with Gasteiger partial charge >= 0.3 is 0 Å². The summed E-state index contributed by atoms with van der Waals surface area (Å²) in [5, 5.41) is 4.10. The molecule has 1 N–H and O–H groups in total. The van der Waals surface area contributed by atoms with Crippen molar-refractivity contribution in [1.29, 1.82) is 0 Å².